The van der Waals surface area contributed by atoms with Crippen LogP contribution in [0.5, 0.6) is 0 Å². The van der Waals surface area contributed by atoms with Crippen molar-refractivity contribution in [1.29, 1.82) is 0 Å². The molecule has 0 atom stereocenters. The van der Waals surface area contributed by atoms with Gasteiger partial charge in [-0.15, -0.1) is 0 Å². The Morgan fingerprint density at radius 2 is 2.05 bits per heavy atom. The molecule has 2 nitrogen and oxygen atoms in total. The Labute approximate surface area is 152 Å². The fourth-order valence-electron chi connectivity index (χ4n) is 1.89. The Bertz CT molecular complexity index is 726. The van der Waals surface area contributed by atoms with Crippen LogP contribution in [0.25, 0.3) is 22.3 Å². The summed E-state index contributed by atoms with van der Waals surface area (Å²) < 4.78 is 1.03. The largest absolute Gasteiger partial charge is 0.341 e. The van der Waals surface area contributed by atoms with Gasteiger partial charge in [-0.2, -0.15) is 36.2 Å². The van der Waals surface area contributed by atoms with Gasteiger partial charge in [0, 0.05) is 48.8 Å². The molecule has 3 rings (SSSR count). The van der Waals surface area contributed by atoms with E-state index in [1.165, 1.54) is 0 Å². The number of halogens is 1. The summed E-state index contributed by atoms with van der Waals surface area (Å²) in [5.41, 5.74) is 3.00. The van der Waals surface area contributed by atoms with E-state index in [4.69, 9.17) is 0 Å². The average molecular weight is 400 g/mol. The minimum absolute atomic E-state index is 0. The van der Waals surface area contributed by atoms with Gasteiger partial charge < -0.3 is 6.92 Å². The van der Waals surface area contributed by atoms with E-state index < -0.39 is 0 Å². The summed E-state index contributed by atoms with van der Waals surface area (Å²) >= 11 is 3.45. The fraction of sp³-hybridized carbons (Fsp3) is 0.0625. The second-order valence-corrected chi connectivity index (χ2v) is 5.17. The third-order valence-electron chi connectivity index (χ3n) is 2.95. The topological polar surface area (TPSA) is 25.8 Å². The van der Waals surface area contributed by atoms with E-state index in [1.807, 2.05) is 42.6 Å². The van der Waals surface area contributed by atoms with Crippen molar-refractivity contribution in [2.75, 3.05) is 0 Å². The van der Waals surface area contributed by atoms with Gasteiger partial charge in [-0.3, -0.25) is 0 Å². The van der Waals surface area contributed by atoms with Gasteiger partial charge in [0.2, 0.25) is 0 Å². The molecule has 0 unspecified atom stereocenters. The van der Waals surface area contributed by atoms with Crippen LogP contribution in [0.2, 0.25) is 0 Å². The molecule has 0 aliphatic heterocycles. The molecular weight excluding hydrogens is 389 g/mol. The van der Waals surface area contributed by atoms with Crippen molar-refractivity contribution < 1.29 is 32.7 Å². The number of rotatable bonds is 2. The van der Waals surface area contributed by atoms with Crippen molar-refractivity contribution >= 4 is 26.8 Å². The van der Waals surface area contributed by atoms with E-state index in [0.29, 0.717) is 0 Å². The summed E-state index contributed by atoms with van der Waals surface area (Å²) in [6.45, 7) is 3.84. The monoisotopic (exact) mass is 399 g/mol. The maximum Gasteiger partial charge on any atom is 0.104 e. The molecule has 1 radical (unpaired) electrons. The number of fused-ring (bicyclic) bond motifs is 1. The zero-order chi connectivity index (χ0) is 13.2. The fourth-order valence-corrected chi connectivity index (χ4v) is 2.27. The van der Waals surface area contributed by atoms with Crippen molar-refractivity contribution in [3.05, 3.63) is 65.6 Å². The van der Waals surface area contributed by atoms with Crippen LogP contribution < -0.4 is 0 Å². The van der Waals surface area contributed by atoms with Crippen LogP contribution in [0.1, 0.15) is 5.56 Å². The van der Waals surface area contributed by atoms with Crippen molar-refractivity contribution in [3.63, 3.8) is 0 Å². The summed E-state index contributed by atoms with van der Waals surface area (Å²) in [6, 6.07) is 15.1. The maximum atomic E-state index is 4.57. The second-order valence-electron chi connectivity index (χ2n) is 4.25. The summed E-state index contributed by atoms with van der Waals surface area (Å²) in [4.78, 5) is 8.98. The maximum absolute atomic E-state index is 4.57. The molecule has 20 heavy (non-hydrogen) atoms. The molecule has 0 spiro atoms. The van der Waals surface area contributed by atoms with Gasteiger partial charge in [-0.05, 0) is 18.2 Å². The van der Waals surface area contributed by atoms with Crippen LogP contribution in [0.3, 0.4) is 0 Å². The number of hydrogen-bond acceptors (Lipinski definition) is 2. The Balaban J connectivity index is 0.00000147. The summed E-state index contributed by atoms with van der Waals surface area (Å²) in [7, 11) is 0. The first kappa shape index (κ1) is 15.7. The molecule has 0 saturated heterocycles. The van der Waals surface area contributed by atoms with Crippen molar-refractivity contribution in [1.82, 2.24) is 9.97 Å². The Morgan fingerprint density at radius 3 is 2.75 bits per heavy atom. The van der Waals surface area contributed by atoms with E-state index in [9.17, 15) is 0 Å². The molecule has 0 amide bonds. The summed E-state index contributed by atoms with van der Waals surface area (Å²) in [6.07, 6.45) is 2.59. The van der Waals surface area contributed by atoms with Crippen molar-refractivity contribution in [2.45, 2.75) is 6.42 Å². The van der Waals surface area contributed by atoms with Crippen LogP contribution in [-0.4, -0.2) is 9.97 Å². The number of benzene rings is 2. The van der Waals surface area contributed by atoms with Gasteiger partial charge in [0.05, 0.1) is 5.52 Å². The molecule has 0 N–H and O–H groups in total. The smallest absolute Gasteiger partial charge is 0.104 e. The first-order valence-corrected chi connectivity index (χ1v) is 6.78. The molecule has 4 heteroatoms. The van der Waals surface area contributed by atoms with Gasteiger partial charge >= 0.3 is 0 Å². The minimum atomic E-state index is 0. The molecule has 2 aromatic carbocycles. The molecule has 0 aliphatic rings. The van der Waals surface area contributed by atoms with Crippen molar-refractivity contribution in [3.8, 4) is 11.4 Å². The SMILES string of the molecule is [CH2-]Cc1[c-]cc(-c2ncc3cc(Br)ccc3n2)cc1.[Y]. The van der Waals surface area contributed by atoms with Crippen LogP contribution >= 0.6 is 15.9 Å². The van der Waals surface area contributed by atoms with Crippen molar-refractivity contribution in [2.24, 2.45) is 0 Å². The van der Waals surface area contributed by atoms with E-state index in [0.717, 1.165) is 38.7 Å². The third kappa shape index (κ3) is 3.33. The van der Waals surface area contributed by atoms with Gasteiger partial charge in [0.1, 0.15) is 5.82 Å². The predicted molar refractivity (Wildman–Crippen MR) is 80.6 cm³/mol. The van der Waals surface area contributed by atoms with Gasteiger partial charge in [0.15, 0.2) is 0 Å². The number of nitrogens with zero attached hydrogens (tertiary/aromatic N) is 2. The van der Waals surface area contributed by atoms with E-state index >= 15 is 0 Å². The molecule has 1 heterocycles. The van der Waals surface area contributed by atoms with E-state index in [1.54, 1.807) is 0 Å². The van der Waals surface area contributed by atoms with Gasteiger partial charge in [0.25, 0.3) is 0 Å². The predicted octanol–water partition coefficient (Wildman–Crippen LogP) is 4.23. The molecule has 97 valence electrons. The van der Waals surface area contributed by atoms with Gasteiger partial charge in [-0.25, -0.2) is 9.97 Å². The van der Waals surface area contributed by atoms with Crippen LogP contribution in [0, 0.1) is 13.0 Å². The number of aromatic nitrogens is 2. The zero-order valence-electron chi connectivity index (χ0n) is 10.8. The first-order chi connectivity index (χ1) is 9.26. The zero-order valence-corrected chi connectivity index (χ0v) is 15.2. The first-order valence-electron chi connectivity index (χ1n) is 5.99. The standard InChI is InChI=1S/C16H11BrN2.Y/c1-2-11-3-5-12(6-4-11)16-18-10-13-9-14(17)7-8-15(13)19-16;/h3,5-10H,1-2H2;/q-2;. The molecule has 1 aromatic heterocycles. The Kier molecular flexibility index (Phi) is 5.42. The van der Waals surface area contributed by atoms with Crippen LogP contribution in [-0.2, 0) is 39.1 Å². The van der Waals surface area contributed by atoms with Gasteiger partial charge in [-0.1, -0.05) is 21.5 Å². The second kappa shape index (κ2) is 6.88. The summed E-state index contributed by atoms with van der Waals surface area (Å²) in [5.74, 6) is 0.724. The summed E-state index contributed by atoms with van der Waals surface area (Å²) in [5, 5.41) is 1.02. The normalized spacial score (nSPS) is 10.3. The molecule has 3 aromatic rings. The third-order valence-corrected chi connectivity index (χ3v) is 3.44. The molecule has 0 saturated carbocycles. The van der Waals surface area contributed by atoms with E-state index in [2.05, 4.69) is 38.9 Å². The quantitative estimate of drug-likeness (QED) is 0.602. The Hall–Kier alpha value is -0.636. The van der Waals surface area contributed by atoms with Crippen LogP contribution in [0.15, 0.2) is 47.1 Å². The Morgan fingerprint density at radius 1 is 1.20 bits per heavy atom. The van der Waals surface area contributed by atoms with Crippen LogP contribution in [0.4, 0.5) is 0 Å². The molecular formula is C16H11BrN2Y-2. The average Bonchev–Trinajstić information content (AvgIpc) is 2.47. The molecule has 0 aliphatic carbocycles. The van der Waals surface area contributed by atoms with E-state index in [-0.39, 0.29) is 32.7 Å². The minimum Gasteiger partial charge on any atom is -0.341 e. The number of hydrogen-bond donors (Lipinski definition) is 0. The molecule has 0 fully saturated rings. The molecule has 0 bridgehead atoms.